The molecular formula is C18H25N3O3. The van der Waals surface area contributed by atoms with Gasteiger partial charge in [-0.3, -0.25) is 4.68 Å². The van der Waals surface area contributed by atoms with Crippen molar-refractivity contribution < 1.29 is 14.6 Å². The molecule has 2 N–H and O–H groups in total. The Morgan fingerprint density at radius 3 is 3.08 bits per heavy atom. The van der Waals surface area contributed by atoms with E-state index >= 15 is 0 Å². The zero-order chi connectivity index (χ0) is 17.2. The lowest BCUT2D eigenvalue weighted by Crippen LogP contribution is -2.48. The molecular weight excluding hydrogens is 306 g/mol. The van der Waals surface area contributed by atoms with E-state index in [1.807, 2.05) is 49.0 Å². The summed E-state index contributed by atoms with van der Waals surface area (Å²) < 4.78 is 6.99. The molecule has 1 saturated carbocycles. The number of rotatable bonds is 4. The average Bonchev–Trinajstić information content (AvgIpc) is 2.89. The van der Waals surface area contributed by atoms with Crippen LogP contribution in [0.15, 0.2) is 30.5 Å². The van der Waals surface area contributed by atoms with Gasteiger partial charge in [0.2, 0.25) is 0 Å². The summed E-state index contributed by atoms with van der Waals surface area (Å²) in [5.41, 5.74) is 0.142. The maximum absolute atomic E-state index is 11.8. The first-order chi connectivity index (χ1) is 11.5. The number of fused-ring (bicyclic) bond motifs is 1. The van der Waals surface area contributed by atoms with Crippen LogP contribution in [0.3, 0.4) is 0 Å². The van der Waals surface area contributed by atoms with Crippen molar-refractivity contribution in [2.45, 2.75) is 63.8 Å². The Kier molecular flexibility index (Phi) is 4.76. The minimum Gasteiger partial charge on any atom is -0.447 e. The number of aliphatic hydroxyl groups is 1. The highest BCUT2D eigenvalue weighted by Crippen LogP contribution is 2.31. The Morgan fingerprint density at radius 2 is 2.29 bits per heavy atom. The highest BCUT2D eigenvalue weighted by molar-refractivity contribution is 5.78. The molecule has 0 bridgehead atoms. The van der Waals surface area contributed by atoms with E-state index in [-0.39, 0.29) is 12.1 Å². The van der Waals surface area contributed by atoms with Gasteiger partial charge in [0.15, 0.2) is 0 Å². The Balaban J connectivity index is 1.67. The van der Waals surface area contributed by atoms with Crippen LogP contribution in [0.1, 0.15) is 39.5 Å². The number of carbonyl (C=O) groups is 1. The molecule has 1 aliphatic carbocycles. The molecule has 0 aliphatic heterocycles. The second-order valence-corrected chi connectivity index (χ2v) is 6.98. The molecule has 1 amide bonds. The van der Waals surface area contributed by atoms with Gasteiger partial charge in [-0.1, -0.05) is 18.2 Å². The highest BCUT2D eigenvalue weighted by Gasteiger charge is 2.36. The summed E-state index contributed by atoms with van der Waals surface area (Å²) in [6.07, 6.45) is 4.19. The molecule has 1 heterocycles. The van der Waals surface area contributed by atoms with E-state index in [1.165, 1.54) is 0 Å². The molecule has 24 heavy (non-hydrogen) atoms. The van der Waals surface area contributed by atoms with Gasteiger partial charge in [0.1, 0.15) is 0 Å². The number of nitrogens with zero attached hydrogens (tertiary/aromatic N) is 2. The summed E-state index contributed by atoms with van der Waals surface area (Å²) in [6.45, 7) is 4.07. The number of hydrogen-bond acceptors (Lipinski definition) is 4. The number of carbonyl (C=O) groups excluding carboxylic acids is 1. The van der Waals surface area contributed by atoms with E-state index in [9.17, 15) is 9.90 Å². The third-order valence-corrected chi connectivity index (χ3v) is 4.48. The van der Waals surface area contributed by atoms with E-state index in [2.05, 4.69) is 10.4 Å². The molecule has 0 spiro atoms. The third kappa shape index (κ3) is 3.87. The third-order valence-electron chi connectivity index (χ3n) is 4.48. The number of para-hydroxylation sites is 1. The molecule has 3 rings (SSSR count). The maximum Gasteiger partial charge on any atom is 0.407 e. The van der Waals surface area contributed by atoms with Crippen LogP contribution in [-0.2, 0) is 11.3 Å². The summed E-state index contributed by atoms with van der Waals surface area (Å²) in [5, 5.41) is 19.4. The summed E-state index contributed by atoms with van der Waals surface area (Å²) >= 11 is 0. The molecule has 6 heteroatoms. The van der Waals surface area contributed by atoms with Crippen molar-refractivity contribution >= 4 is 17.0 Å². The number of amides is 1. The van der Waals surface area contributed by atoms with Crippen molar-refractivity contribution in [1.29, 1.82) is 0 Å². The minimum absolute atomic E-state index is 0.0724. The van der Waals surface area contributed by atoms with Gasteiger partial charge >= 0.3 is 6.09 Å². The van der Waals surface area contributed by atoms with Crippen molar-refractivity contribution in [2.24, 2.45) is 0 Å². The lowest BCUT2D eigenvalue weighted by Gasteiger charge is -2.37. The predicted molar refractivity (Wildman–Crippen MR) is 91.7 cm³/mol. The molecule has 2 atom stereocenters. The number of aromatic nitrogens is 2. The summed E-state index contributed by atoms with van der Waals surface area (Å²) in [4.78, 5) is 11.8. The van der Waals surface area contributed by atoms with Crippen molar-refractivity contribution in [2.75, 3.05) is 0 Å². The minimum atomic E-state index is -0.872. The molecule has 6 nitrogen and oxygen atoms in total. The van der Waals surface area contributed by atoms with Crippen molar-refractivity contribution in [3.05, 3.63) is 30.5 Å². The van der Waals surface area contributed by atoms with Gasteiger partial charge in [-0.05, 0) is 45.6 Å². The second kappa shape index (κ2) is 6.81. The van der Waals surface area contributed by atoms with E-state index in [0.29, 0.717) is 19.4 Å². The SMILES string of the molecule is CC(C)OC(=O)NC1CCCC(O)(Cn2ncc3ccccc32)C1. The van der Waals surface area contributed by atoms with E-state index < -0.39 is 11.7 Å². The first-order valence-corrected chi connectivity index (χ1v) is 8.55. The van der Waals surface area contributed by atoms with Crippen LogP contribution in [0.25, 0.3) is 10.9 Å². The Bertz CT molecular complexity index is 712. The fourth-order valence-electron chi connectivity index (χ4n) is 3.45. The summed E-state index contributed by atoms with van der Waals surface area (Å²) in [5.74, 6) is 0. The van der Waals surface area contributed by atoms with Crippen molar-refractivity contribution in [1.82, 2.24) is 15.1 Å². The molecule has 2 unspecified atom stereocenters. The zero-order valence-corrected chi connectivity index (χ0v) is 14.2. The normalized spacial score (nSPS) is 24.2. The number of ether oxygens (including phenoxy) is 1. The van der Waals surface area contributed by atoms with Crippen LogP contribution < -0.4 is 5.32 Å². The zero-order valence-electron chi connectivity index (χ0n) is 14.2. The van der Waals surface area contributed by atoms with E-state index in [4.69, 9.17) is 4.74 Å². The van der Waals surface area contributed by atoms with Crippen LogP contribution in [-0.4, -0.2) is 38.7 Å². The number of benzene rings is 1. The van der Waals surface area contributed by atoms with Crippen molar-refractivity contribution in [3.63, 3.8) is 0 Å². The first-order valence-electron chi connectivity index (χ1n) is 8.55. The molecule has 1 aromatic carbocycles. The van der Waals surface area contributed by atoms with Gasteiger partial charge in [-0.15, -0.1) is 0 Å². The van der Waals surface area contributed by atoms with Crippen LogP contribution >= 0.6 is 0 Å². The molecule has 0 saturated heterocycles. The quantitative estimate of drug-likeness (QED) is 0.903. The van der Waals surface area contributed by atoms with Crippen molar-refractivity contribution in [3.8, 4) is 0 Å². The largest absolute Gasteiger partial charge is 0.447 e. The average molecular weight is 331 g/mol. The van der Waals surface area contributed by atoms with Gasteiger partial charge in [-0.25, -0.2) is 4.79 Å². The monoisotopic (exact) mass is 331 g/mol. The number of nitrogens with one attached hydrogen (secondary N) is 1. The summed E-state index contributed by atoms with van der Waals surface area (Å²) in [6, 6.07) is 7.89. The summed E-state index contributed by atoms with van der Waals surface area (Å²) in [7, 11) is 0. The van der Waals surface area contributed by atoms with Gasteiger partial charge in [0.25, 0.3) is 0 Å². The van der Waals surface area contributed by atoms with Gasteiger partial charge in [0, 0.05) is 11.4 Å². The number of alkyl carbamates (subject to hydrolysis) is 1. The molecule has 0 radical (unpaired) electrons. The fraction of sp³-hybridized carbons (Fsp3) is 0.556. The maximum atomic E-state index is 11.8. The number of hydrogen-bond donors (Lipinski definition) is 2. The van der Waals surface area contributed by atoms with Crippen LogP contribution in [0.5, 0.6) is 0 Å². The van der Waals surface area contributed by atoms with Crippen LogP contribution in [0.2, 0.25) is 0 Å². The predicted octanol–water partition coefficient (Wildman–Crippen LogP) is 2.84. The molecule has 1 fully saturated rings. The Labute approximate surface area is 141 Å². The highest BCUT2D eigenvalue weighted by atomic mass is 16.6. The van der Waals surface area contributed by atoms with Crippen LogP contribution in [0, 0.1) is 0 Å². The second-order valence-electron chi connectivity index (χ2n) is 6.98. The van der Waals surface area contributed by atoms with Crippen LogP contribution in [0.4, 0.5) is 4.79 Å². The van der Waals surface area contributed by atoms with Gasteiger partial charge in [-0.2, -0.15) is 5.10 Å². The molecule has 1 aromatic heterocycles. The molecule has 130 valence electrons. The first kappa shape index (κ1) is 16.8. The smallest absolute Gasteiger partial charge is 0.407 e. The molecule has 1 aliphatic rings. The van der Waals surface area contributed by atoms with Gasteiger partial charge < -0.3 is 15.2 Å². The fourth-order valence-corrected chi connectivity index (χ4v) is 3.45. The lowest BCUT2D eigenvalue weighted by molar-refractivity contribution is -0.0237. The van der Waals surface area contributed by atoms with E-state index in [0.717, 1.165) is 23.7 Å². The Hall–Kier alpha value is -2.08. The Morgan fingerprint density at radius 1 is 1.50 bits per heavy atom. The standard InChI is InChI=1S/C18H25N3O3/c1-13(2)24-17(22)20-15-7-5-9-18(23,10-15)12-21-16-8-4-3-6-14(16)11-19-21/h3-4,6,8,11,13,15,23H,5,7,9-10,12H2,1-2H3,(H,20,22). The lowest BCUT2D eigenvalue weighted by atomic mass is 9.81. The van der Waals surface area contributed by atoms with E-state index in [1.54, 1.807) is 0 Å². The molecule has 2 aromatic rings. The van der Waals surface area contributed by atoms with Gasteiger partial charge in [0.05, 0.1) is 30.0 Å². The topological polar surface area (TPSA) is 76.4 Å².